The molecule has 0 bridgehead atoms. The molecule has 1 unspecified atom stereocenters. The predicted octanol–water partition coefficient (Wildman–Crippen LogP) is 3.81. The molecular weight excluding hydrogens is 340 g/mol. The van der Waals surface area contributed by atoms with Crippen LogP contribution < -0.4 is 18.9 Å². The van der Waals surface area contributed by atoms with Gasteiger partial charge in [0.05, 0.1) is 10.0 Å². The van der Waals surface area contributed by atoms with Gasteiger partial charge >= 0.3 is 18.9 Å². The molecule has 112 valence electrons. The van der Waals surface area contributed by atoms with Crippen LogP contribution in [-0.2, 0) is 0 Å². The molecule has 1 nitrogen and oxygen atoms in total. The number of carbonyl (C=O) groups excluding carboxylic acids is 1. The van der Waals surface area contributed by atoms with E-state index in [1.54, 1.807) is 12.1 Å². The van der Waals surface area contributed by atoms with Crippen LogP contribution in [0, 0.1) is 11.3 Å². The van der Waals surface area contributed by atoms with Crippen LogP contribution in [0.4, 0.5) is 0 Å². The summed E-state index contributed by atoms with van der Waals surface area (Å²) in [7, 11) is 0.725. The minimum Gasteiger partial charge on any atom is -0.459 e. The van der Waals surface area contributed by atoms with Crippen LogP contribution in [0.3, 0.4) is 0 Å². The largest absolute Gasteiger partial charge is 1.00 e. The first-order valence-electron chi connectivity index (χ1n) is 6.46. The van der Waals surface area contributed by atoms with Crippen molar-refractivity contribution in [1.29, 1.82) is 0 Å². The summed E-state index contributed by atoms with van der Waals surface area (Å²) in [5.41, 5.74) is 0.605. The molecule has 0 amide bonds. The molecule has 0 N–H and O–H groups in total. The molecule has 6 heteroatoms. The van der Waals surface area contributed by atoms with Crippen molar-refractivity contribution in [3.63, 3.8) is 0 Å². The fourth-order valence-corrected chi connectivity index (χ4v) is 4.30. The zero-order chi connectivity index (χ0) is 15.5. The molecule has 0 fully saturated rings. The van der Waals surface area contributed by atoms with Crippen LogP contribution >= 0.6 is 43.4 Å². The first-order valence-corrected chi connectivity index (χ1v) is 8.68. The Labute approximate surface area is 156 Å². The van der Waals surface area contributed by atoms with Gasteiger partial charge in [-0.1, -0.05) is 68.4 Å². The van der Waals surface area contributed by atoms with Gasteiger partial charge in [0, 0.05) is 16.1 Å². The summed E-state index contributed by atoms with van der Waals surface area (Å²) in [6.07, 6.45) is 1.89. The standard InChI is InChI=1S/C15H19Cl3OP.Li/c1-9(7-15(2,3)4)8-20-14(19)13-11(17)5-10(16)6-12(13)18;/h5-6,9H,7-8H2,1-4H3;/q-1;+1. The number of hydrogen-bond donors (Lipinski definition) is 0. The summed E-state index contributed by atoms with van der Waals surface area (Å²) in [5, 5.41) is 1.08. The van der Waals surface area contributed by atoms with Crippen molar-refractivity contribution in [2.45, 2.75) is 34.1 Å². The van der Waals surface area contributed by atoms with Gasteiger partial charge in [-0.2, -0.15) is 6.16 Å². The van der Waals surface area contributed by atoms with Gasteiger partial charge in [-0.15, -0.1) is 0 Å². The Morgan fingerprint density at radius 1 is 1.19 bits per heavy atom. The van der Waals surface area contributed by atoms with Crippen LogP contribution in [0.2, 0.25) is 15.1 Å². The SMILES string of the molecule is CC(C[P-]C(=O)c1c(Cl)cc(Cl)cc1Cl)CC(C)(C)C.[Li+]. The van der Waals surface area contributed by atoms with E-state index in [9.17, 15) is 4.79 Å². The van der Waals surface area contributed by atoms with E-state index in [4.69, 9.17) is 34.8 Å². The van der Waals surface area contributed by atoms with Crippen molar-refractivity contribution in [3.05, 3.63) is 32.8 Å². The first-order chi connectivity index (χ1) is 9.10. The zero-order valence-corrected chi connectivity index (χ0v) is 16.3. The predicted molar refractivity (Wildman–Crippen MR) is 90.8 cm³/mol. The van der Waals surface area contributed by atoms with E-state index in [1.165, 1.54) is 0 Å². The maximum absolute atomic E-state index is 12.2. The Bertz CT molecular complexity index is 477. The fourth-order valence-electron chi connectivity index (χ4n) is 2.17. The Hall–Kier alpha value is 0.787. The molecule has 0 aromatic heterocycles. The Kier molecular flexibility index (Phi) is 9.52. The molecule has 1 aromatic carbocycles. The monoisotopic (exact) mass is 358 g/mol. The van der Waals surface area contributed by atoms with Gasteiger partial charge < -0.3 is 13.4 Å². The van der Waals surface area contributed by atoms with Crippen molar-refractivity contribution in [2.75, 3.05) is 6.16 Å². The molecule has 0 aliphatic heterocycles. The molecule has 1 aromatic rings. The van der Waals surface area contributed by atoms with Gasteiger partial charge in [0.1, 0.15) is 0 Å². The molecule has 0 spiro atoms. The average molecular weight is 360 g/mol. The molecule has 21 heavy (non-hydrogen) atoms. The molecule has 0 saturated carbocycles. The fraction of sp³-hybridized carbons (Fsp3) is 0.533. The summed E-state index contributed by atoms with van der Waals surface area (Å²) >= 11 is 18.0. The maximum atomic E-state index is 12.2. The molecular formula is C15H19Cl3LiOP. The second kappa shape index (κ2) is 9.17. The van der Waals surface area contributed by atoms with Gasteiger partial charge in [0.15, 0.2) is 0 Å². The van der Waals surface area contributed by atoms with Crippen LogP contribution in [0.25, 0.3) is 0 Å². The molecule has 0 aliphatic carbocycles. The second-order valence-electron chi connectivity index (χ2n) is 6.26. The number of hydrogen-bond acceptors (Lipinski definition) is 1. The minimum atomic E-state index is -0.0441. The Balaban J connectivity index is 0.00000400. The van der Waals surface area contributed by atoms with Crippen molar-refractivity contribution >= 4 is 48.9 Å². The molecule has 1 rings (SSSR count). The van der Waals surface area contributed by atoms with Crippen molar-refractivity contribution in [3.8, 4) is 0 Å². The van der Waals surface area contributed by atoms with E-state index in [0.29, 0.717) is 26.5 Å². The van der Waals surface area contributed by atoms with E-state index in [0.717, 1.165) is 21.2 Å². The quantitative estimate of drug-likeness (QED) is 0.577. The third-order valence-corrected chi connectivity index (χ3v) is 4.86. The van der Waals surface area contributed by atoms with Gasteiger partial charge in [-0.25, -0.2) is 0 Å². The van der Waals surface area contributed by atoms with Crippen LogP contribution in [-0.4, -0.2) is 11.7 Å². The van der Waals surface area contributed by atoms with Crippen LogP contribution in [0.5, 0.6) is 0 Å². The number of benzene rings is 1. The molecule has 0 aliphatic rings. The summed E-state index contributed by atoms with van der Waals surface area (Å²) < 4.78 is 0. The zero-order valence-electron chi connectivity index (χ0n) is 13.1. The third kappa shape index (κ3) is 7.74. The van der Waals surface area contributed by atoms with Gasteiger partial charge in [0.2, 0.25) is 0 Å². The molecule has 0 saturated heterocycles. The molecule has 0 heterocycles. The average Bonchev–Trinajstić information content (AvgIpc) is 2.22. The number of carbonyl (C=O) groups is 1. The minimum absolute atomic E-state index is 0. The van der Waals surface area contributed by atoms with Gasteiger partial charge in [-0.3, -0.25) is 0 Å². The first kappa shape index (κ1) is 21.8. The van der Waals surface area contributed by atoms with Gasteiger partial charge in [-0.05, 0) is 24.0 Å². The number of rotatable bonds is 5. The van der Waals surface area contributed by atoms with E-state index >= 15 is 0 Å². The van der Waals surface area contributed by atoms with E-state index < -0.39 is 0 Å². The summed E-state index contributed by atoms with van der Waals surface area (Å²) in [6.45, 7) is 8.77. The van der Waals surface area contributed by atoms with Crippen molar-refractivity contribution in [2.24, 2.45) is 11.3 Å². The third-order valence-electron chi connectivity index (χ3n) is 2.73. The van der Waals surface area contributed by atoms with Crippen LogP contribution in [0.15, 0.2) is 12.1 Å². The maximum Gasteiger partial charge on any atom is 1.00 e. The normalized spacial score (nSPS) is 13.3. The summed E-state index contributed by atoms with van der Waals surface area (Å²) in [6, 6.07) is 3.10. The van der Waals surface area contributed by atoms with E-state index in [2.05, 4.69) is 27.7 Å². The summed E-state index contributed by atoms with van der Waals surface area (Å²) in [5.74, 6) is 0.477. The number of halogens is 3. The molecule has 1 atom stereocenters. The van der Waals surface area contributed by atoms with E-state index in [-0.39, 0.29) is 29.8 Å². The van der Waals surface area contributed by atoms with Crippen molar-refractivity contribution in [1.82, 2.24) is 0 Å². The van der Waals surface area contributed by atoms with E-state index in [1.807, 2.05) is 0 Å². The Morgan fingerprint density at radius 2 is 1.67 bits per heavy atom. The Morgan fingerprint density at radius 3 is 2.10 bits per heavy atom. The smallest absolute Gasteiger partial charge is 0.459 e. The van der Waals surface area contributed by atoms with Crippen LogP contribution in [0.1, 0.15) is 44.5 Å². The molecule has 0 radical (unpaired) electrons. The van der Waals surface area contributed by atoms with Crippen molar-refractivity contribution < 1.29 is 23.7 Å². The summed E-state index contributed by atoms with van der Waals surface area (Å²) in [4.78, 5) is 12.2. The second-order valence-corrected chi connectivity index (χ2v) is 8.60. The van der Waals surface area contributed by atoms with Gasteiger partial charge in [0.25, 0.3) is 0 Å². The topological polar surface area (TPSA) is 17.1 Å².